The number of halogens is 1. The van der Waals surface area contributed by atoms with Gasteiger partial charge in [-0.2, -0.15) is 4.98 Å². The quantitative estimate of drug-likeness (QED) is 0.865. The zero-order valence-electron chi connectivity index (χ0n) is 9.20. The van der Waals surface area contributed by atoms with Gasteiger partial charge in [-0.25, -0.2) is 0 Å². The predicted molar refractivity (Wildman–Crippen MR) is 65.5 cm³/mol. The molecule has 2 N–H and O–H groups in total. The minimum absolute atomic E-state index is 0.202. The first-order chi connectivity index (χ1) is 7.58. The molecule has 0 saturated heterocycles. The molecule has 2 rings (SSSR count). The molecule has 16 heavy (non-hydrogen) atoms. The summed E-state index contributed by atoms with van der Waals surface area (Å²) in [4.78, 5) is 4.19. The summed E-state index contributed by atoms with van der Waals surface area (Å²) in [7, 11) is 0. The lowest BCUT2D eigenvalue weighted by atomic mass is 10.0. The van der Waals surface area contributed by atoms with Crippen LogP contribution in [0.5, 0.6) is 0 Å². The molecule has 0 atom stereocenters. The van der Waals surface area contributed by atoms with Gasteiger partial charge in [-0.1, -0.05) is 25.4 Å². The van der Waals surface area contributed by atoms with Gasteiger partial charge in [-0.05, 0) is 30.2 Å². The van der Waals surface area contributed by atoms with Crippen molar-refractivity contribution >= 4 is 17.6 Å². The van der Waals surface area contributed by atoms with Crippen molar-refractivity contribution in [2.45, 2.75) is 19.8 Å². The first kappa shape index (κ1) is 11.0. The Morgan fingerprint density at radius 3 is 2.44 bits per heavy atom. The summed E-state index contributed by atoms with van der Waals surface area (Å²) in [6, 6.07) is 7.63. The Bertz CT molecular complexity index is 488. The van der Waals surface area contributed by atoms with Crippen LogP contribution in [0.3, 0.4) is 0 Å². The van der Waals surface area contributed by atoms with Gasteiger partial charge in [0.25, 0.3) is 6.01 Å². The summed E-state index contributed by atoms with van der Waals surface area (Å²) < 4.78 is 5.43. The van der Waals surface area contributed by atoms with E-state index >= 15 is 0 Å². The Morgan fingerprint density at radius 2 is 1.88 bits per heavy atom. The fourth-order valence-electron chi connectivity index (χ4n) is 1.55. The lowest BCUT2D eigenvalue weighted by Crippen LogP contribution is -1.91. The minimum atomic E-state index is 0.202. The van der Waals surface area contributed by atoms with Crippen molar-refractivity contribution in [3.05, 3.63) is 35.0 Å². The molecule has 2 aromatic rings. The van der Waals surface area contributed by atoms with Crippen LogP contribution in [0.25, 0.3) is 11.3 Å². The molecule has 0 radical (unpaired) electrons. The van der Waals surface area contributed by atoms with Gasteiger partial charge < -0.3 is 10.2 Å². The molecule has 3 nitrogen and oxygen atoms in total. The number of hydrogen-bond donors (Lipinski definition) is 1. The molecule has 1 aromatic carbocycles. The lowest BCUT2D eigenvalue weighted by Gasteiger charge is -2.03. The van der Waals surface area contributed by atoms with E-state index in [4.69, 9.17) is 21.8 Å². The third-order valence-corrected chi connectivity index (χ3v) is 2.58. The van der Waals surface area contributed by atoms with E-state index in [0.29, 0.717) is 5.02 Å². The van der Waals surface area contributed by atoms with Crippen LogP contribution in [0.4, 0.5) is 6.01 Å². The van der Waals surface area contributed by atoms with Crippen molar-refractivity contribution in [3.8, 4) is 11.3 Å². The van der Waals surface area contributed by atoms with Crippen molar-refractivity contribution in [2.75, 3.05) is 5.73 Å². The summed E-state index contributed by atoms with van der Waals surface area (Å²) in [6.07, 6.45) is 0. The monoisotopic (exact) mass is 236 g/mol. The van der Waals surface area contributed by atoms with Crippen molar-refractivity contribution < 1.29 is 4.42 Å². The maximum atomic E-state index is 5.84. The molecular formula is C12H13ClN2O. The summed E-state index contributed by atoms with van der Waals surface area (Å²) in [6.45, 7) is 4.10. The van der Waals surface area contributed by atoms with Crippen LogP contribution in [0, 0.1) is 0 Å². The van der Waals surface area contributed by atoms with E-state index in [1.54, 1.807) is 0 Å². The first-order valence-electron chi connectivity index (χ1n) is 5.10. The molecule has 0 unspecified atom stereocenters. The van der Waals surface area contributed by atoms with Gasteiger partial charge in [0.05, 0.1) is 5.69 Å². The molecule has 0 aliphatic rings. The van der Waals surface area contributed by atoms with Gasteiger partial charge in [0, 0.05) is 10.6 Å². The molecule has 0 saturated carbocycles. The van der Waals surface area contributed by atoms with E-state index in [9.17, 15) is 0 Å². The molecule has 0 bridgehead atoms. The summed E-state index contributed by atoms with van der Waals surface area (Å²) in [5.74, 6) is 0.996. The SMILES string of the molecule is CC(C)c1nc(N)oc1-c1ccc(Cl)cc1. The van der Waals surface area contributed by atoms with Crippen molar-refractivity contribution in [3.63, 3.8) is 0 Å². The Labute approximate surface area is 99.2 Å². The standard InChI is InChI=1S/C12H13ClN2O/c1-7(2)10-11(16-12(14)15-10)8-3-5-9(13)6-4-8/h3-7H,1-2H3,(H2,14,15). The second-order valence-electron chi connectivity index (χ2n) is 3.93. The number of nitrogen functional groups attached to an aromatic ring is 1. The minimum Gasteiger partial charge on any atom is -0.423 e. The normalized spacial score (nSPS) is 11.0. The van der Waals surface area contributed by atoms with Crippen LogP contribution in [0.2, 0.25) is 5.02 Å². The van der Waals surface area contributed by atoms with Gasteiger partial charge in [-0.3, -0.25) is 0 Å². The molecule has 84 valence electrons. The molecule has 0 aliphatic heterocycles. The Balaban J connectivity index is 2.50. The highest BCUT2D eigenvalue weighted by molar-refractivity contribution is 6.30. The molecule has 0 spiro atoms. The first-order valence-corrected chi connectivity index (χ1v) is 5.48. The van der Waals surface area contributed by atoms with Crippen LogP contribution < -0.4 is 5.73 Å². The van der Waals surface area contributed by atoms with Gasteiger partial charge in [0.2, 0.25) is 0 Å². The smallest absolute Gasteiger partial charge is 0.292 e. The summed E-state index contributed by atoms with van der Waals surface area (Å²) in [5, 5.41) is 0.697. The summed E-state index contributed by atoms with van der Waals surface area (Å²) >= 11 is 5.84. The largest absolute Gasteiger partial charge is 0.423 e. The fourth-order valence-corrected chi connectivity index (χ4v) is 1.67. The van der Waals surface area contributed by atoms with Crippen LogP contribution in [0.1, 0.15) is 25.5 Å². The van der Waals surface area contributed by atoms with E-state index in [0.717, 1.165) is 17.0 Å². The van der Waals surface area contributed by atoms with Crippen LogP contribution in [0.15, 0.2) is 28.7 Å². The average molecular weight is 237 g/mol. The number of anilines is 1. The van der Waals surface area contributed by atoms with Crippen molar-refractivity contribution in [2.24, 2.45) is 0 Å². The van der Waals surface area contributed by atoms with Crippen molar-refractivity contribution in [1.82, 2.24) is 4.98 Å². The molecule has 0 amide bonds. The molecular weight excluding hydrogens is 224 g/mol. The number of rotatable bonds is 2. The lowest BCUT2D eigenvalue weighted by molar-refractivity contribution is 0.592. The van der Waals surface area contributed by atoms with Crippen LogP contribution in [-0.4, -0.2) is 4.98 Å². The van der Waals surface area contributed by atoms with E-state index in [-0.39, 0.29) is 11.9 Å². The number of hydrogen-bond acceptors (Lipinski definition) is 3. The topological polar surface area (TPSA) is 52.0 Å². The van der Waals surface area contributed by atoms with Gasteiger partial charge >= 0.3 is 0 Å². The average Bonchev–Trinajstić information content (AvgIpc) is 2.61. The third-order valence-electron chi connectivity index (χ3n) is 2.32. The number of aromatic nitrogens is 1. The highest BCUT2D eigenvalue weighted by atomic mass is 35.5. The number of nitrogens with two attached hydrogens (primary N) is 1. The molecule has 1 heterocycles. The van der Waals surface area contributed by atoms with Gasteiger partial charge in [0.1, 0.15) is 0 Å². The molecule has 1 aromatic heterocycles. The zero-order valence-corrected chi connectivity index (χ0v) is 9.95. The van der Waals surface area contributed by atoms with Crippen LogP contribution >= 0.6 is 11.6 Å². The number of benzene rings is 1. The maximum Gasteiger partial charge on any atom is 0.292 e. The third kappa shape index (κ3) is 2.04. The Kier molecular flexibility index (Phi) is 2.88. The maximum absolute atomic E-state index is 5.84. The van der Waals surface area contributed by atoms with Crippen molar-refractivity contribution in [1.29, 1.82) is 0 Å². The Hall–Kier alpha value is -1.48. The highest BCUT2D eigenvalue weighted by Crippen LogP contribution is 2.31. The van der Waals surface area contributed by atoms with E-state index < -0.39 is 0 Å². The van der Waals surface area contributed by atoms with E-state index in [1.807, 2.05) is 24.3 Å². The van der Waals surface area contributed by atoms with E-state index in [2.05, 4.69) is 18.8 Å². The van der Waals surface area contributed by atoms with Gasteiger partial charge in [0.15, 0.2) is 5.76 Å². The van der Waals surface area contributed by atoms with E-state index in [1.165, 1.54) is 0 Å². The molecule has 0 aliphatic carbocycles. The molecule has 0 fully saturated rings. The highest BCUT2D eigenvalue weighted by Gasteiger charge is 2.16. The zero-order chi connectivity index (χ0) is 11.7. The van der Waals surface area contributed by atoms with Crippen LogP contribution in [-0.2, 0) is 0 Å². The predicted octanol–water partition coefficient (Wildman–Crippen LogP) is 3.70. The number of nitrogens with zero attached hydrogens (tertiary/aromatic N) is 1. The van der Waals surface area contributed by atoms with Gasteiger partial charge in [-0.15, -0.1) is 0 Å². The Morgan fingerprint density at radius 1 is 1.25 bits per heavy atom. The summed E-state index contributed by atoms with van der Waals surface area (Å²) in [5.41, 5.74) is 7.40. The second-order valence-corrected chi connectivity index (χ2v) is 4.36. The second kappa shape index (κ2) is 4.18. The number of oxazole rings is 1. The fraction of sp³-hybridized carbons (Fsp3) is 0.250. The molecule has 4 heteroatoms.